The maximum atomic E-state index is 0. The van der Waals surface area contributed by atoms with E-state index in [0.29, 0.717) is 0 Å². The molecule has 6 nitrogen and oxygen atoms in total. The van der Waals surface area contributed by atoms with Gasteiger partial charge < -0.3 is 46.4 Å². The zero-order valence-electron chi connectivity index (χ0n) is 4.10. The first-order chi connectivity index (χ1) is 0. The molecule has 0 aliphatic heterocycles. The molecule has 0 aromatic carbocycles. The largest absolute Gasteiger partial charge is 2.00 e. The van der Waals surface area contributed by atoms with Crippen LogP contribution in [0.2, 0.25) is 0 Å². The fraction of sp³-hybridized carbons (Fsp3) is 0. The van der Waals surface area contributed by atoms with Gasteiger partial charge in [0.2, 0.25) is 0 Å². The van der Waals surface area contributed by atoms with E-state index in [0.717, 1.165) is 0 Å². The molecule has 8 heavy (non-hydrogen) atoms. The summed E-state index contributed by atoms with van der Waals surface area (Å²) in [5.74, 6) is 0. The van der Waals surface area contributed by atoms with Crippen molar-refractivity contribution in [3.63, 3.8) is 0 Å². The van der Waals surface area contributed by atoms with Gasteiger partial charge in [0.25, 0.3) is 0 Å². The predicted molar refractivity (Wildman–Crippen MR) is 34.5 cm³/mol. The molecule has 0 spiro atoms. The molecule has 0 heterocycles. The molecule has 0 rings (SSSR count). The van der Waals surface area contributed by atoms with Crippen molar-refractivity contribution in [3.8, 4) is 0 Å². The molecule has 8 heteroatoms. The Kier molecular flexibility index (Phi) is 5850. The third kappa shape index (κ3) is 121. The van der Waals surface area contributed by atoms with E-state index < -0.39 is 0 Å². The van der Waals surface area contributed by atoms with Gasteiger partial charge in [-0.3, -0.25) is 0 Å². The van der Waals surface area contributed by atoms with Crippen LogP contribution in [0.1, 0.15) is 0 Å². The molecule has 0 amide bonds. The van der Waals surface area contributed by atoms with Crippen molar-refractivity contribution in [3.05, 3.63) is 0 Å². The smallest absolute Gasteiger partial charge is 0.870 e. The Bertz CT molecular complexity index is 8.49. The summed E-state index contributed by atoms with van der Waals surface area (Å²) in [5, 5.41) is 0. The Morgan fingerprint density at radius 3 is 0.500 bits per heavy atom. The minimum absolute atomic E-state index is 0. The Morgan fingerprint density at radius 2 is 0.500 bits per heavy atom. The Morgan fingerprint density at radius 1 is 0.500 bits per heavy atom. The van der Waals surface area contributed by atoms with Gasteiger partial charge in [0, 0.05) is 0 Å². The number of hydrogen-bond donors (Lipinski definition) is 0. The third-order valence-electron chi connectivity index (χ3n) is 0. The summed E-state index contributed by atoms with van der Waals surface area (Å²) in [7, 11) is 0. The number of thiol groups is 1. The predicted octanol–water partition coefficient (Wildman–Crippen LogP) is -4.95. The first-order valence-corrected chi connectivity index (χ1v) is 0. The van der Waals surface area contributed by atoms with E-state index in [4.69, 9.17) is 0 Å². The molecule has 0 aromatic rings. The molecule has 0 aliphatic rings. The standard InChI is InChI=1S/Ba.6H2O.H2S/h;7*1H2/q+2;;;;;;;/p-2. The van der Waals surface area contributed by atoms with Crippen LogP contribution in [0.4, 0.5) is 0 Å². The van der Waals surface area contributed by atoms with E-state index in [1.165, 1.54) is 0 Å². The van der Waals surface area contributed by atoms with Crippen molar-refractivity contribution in [2.24, 2.45) is 0 Å². The Labute approximate surface area is 94.0 Å². The van der Waals surface area contributed by atoms with Crippen molar-refractivity contribution in [1.82, 2.24) is 0 Å². The van der Waals surface area contributed by atoms with Gasteiger partial charge in [-0.15, -0.1) is 0 Å². The van der Waals surface area contributed by atoms with Gasteiger partial charge in [0.15, 0.2) is 0 Å². The summed E-state index contributed by atoms with van der Waals surface area (Å²) in [5.41, 5.74) is 0. The quantitative estimate of drug-likeness (QED) is 0.244. The first-order valence-electron chi connectivity index (χ1n) is 0. The van der Waals surface area contributed by atoms with Gasteiger partial charge >= 0.3 is 48.9 Å². The van der Waals surface area contributed by atoms with Crippen molar-refractivity contribution in [1.29, 1.82) is 0 Å². The number of hydrogen-bond acceptors (Lipinski definition) is 2. The molecule has 0 atom stereocenters. The third-order valence-corrected chi connectivity index (χ3v) is 0. The van der Waals surface area contributed by atoms with Gasteiger partial charge in [-0.1, -0.05) is 0 Å². The average molecular weight is 277 g/mol. The van der Waals surface area contributed by atoms with Crippen LogP contribution in [0.3, 0.4) is 0 Å². The normalized spacial score (nSPS) is 0. The van der Waals surface area contributed by atoms with Gasteiger partial charge in [0.1, 0.15) is 0 Å². The summed E-state index contributed by atoms with van der Waals surface area (Å²) in [4.78, 5) is 0. The second-order valence-electron chi connectivity index (χ2n) is 0. The molecule has 0 fully saturated rings. The van der Waals surface area contributed by atoms with E-state index in [2.05, 4.69) is 0 Å². The fourth-order valence-electron chi connectivity index (χ4n) is 0. The van der Waals surface area contributed by atoms with Gasteiger partial charge in [-0.2, -0.15) is 0 Å². The van der Waals surface area contributed by atoms with Crippen LogP contribution in [0, 0.1) is 0 Å². The summed E-state index contributed by atoms with van der Waals surface area (Å²) < 4.78 is 0. The van der Waals surface area contributed by atoms with E-state index in [1.807, 2.05) is 0 Å². The van der Waals surface area contributed by atoms with Crippen molar-refractivity contribution in [2.75, 3.05) is 0 Å². The Balaban J connectivity index is 0. The van der Waals surface area contributed by atoms with Crippen molar-refractivity contribution >= 4 is 62.4 Å². The fourth-order valence-corrected chi connectivity index (χ4v) is 0. The summed E-state index contributed by atoms with van der Waals surface area (Å²) in [6.45, 7) is 0. The molecular weight excluding hydrogens is 265 g/mol. The van der Waals surface area contributed by atoms with Gasteiger partial charge in [-0.25, -0.2) is 0 Å². The zero-order chi connectivity index (χ0) is 0. The molecular formula is H12BaO6S. The maximum absolute atomic E-state index is 0. The van der Waals surface area contributed by atoms with Crippen LogP contribution in [-0.2, 0) is 13.5 Å². The second kappa shape index (κ2) is 181. The molecule has 0 aromatic heterocycles. The molecule has 0 unspecified atom stereocenters. The van der Waals surface area contributed by atoms with Gasteiger partial charge in [-0.05, 0) is 0 Å². The first kappa shape index (κ1) is 258. The SMILES string of the molecule is O.O.O.O.O.[Ba+2].[OH-].[SH-]. The van der Waals surface area contributed by atoms with Gasteiger partial charge in [0.05, 0.1) is 0 Å². The van der Waals surface area contributed by atoms with E-state index in [-0.39, 0.29) is 95.2 Å². The number of rotatable bonds is 0. The molecule has 0 saturated carbocycles. The van der Waals surface area contributed by atoms with Crippen LogP contribution >= 0.6 is 0 Å². The molecule has 0 radical (unpaired) electrons. The minimum Gasteiger partial charge on any atom is -0.870 e. The van der Waals surface area contributed by atoms with Crippen LogP contribution in [-0.4, -0.2) is 81.7 Å². The topological polar surface area (TPSA) is 188 Å². The summed E-state index contributed by atoms with van der Waals surface area (Å²) in [6, 6.07) is 0. The minimum atomic E-state index is 0. The van der Waals surface area contributed by atoms with Crippen molar-refractivity contribution < 1.29 is 32.9 Å². The van der Waals surface area contributed by atoms with E-state index in [9.17, 15) is 0 Å². The van der Waals surface area contributed by atoms with Crippen molar-refractivity contribution in [2.45, 2.75) is 0 Å². The van der Waals surface area contributed by atoms with E-state index in [1.54, 1.807) is 0 Å². The Hall–Kier alpha value is 1.68. The van der Waals surface area contributed by atoms with Crippen LogP contribution in [0.15, 0.2) is 0 Å². The molecule has 0 saturated heterocycles. The summed E-state index contributed by atoms with van der Waals surface area (Å²) >= 11 is 0. The average Bonchev–Trinajstić information content (AvgIpc) is 0. The monoisotopic (exact) mass is 278 g/mol. The molecule has 56 valence electrons. The maximum Gasteiger partial charge on any atom is 2.00 e. The summed E-state index contributed by atoms with van der Waals surface area (Å²) in [6.07, 6.45) is 0. The second-order valence-corrected chi connectivity index (χ2v) is 0. The molecule has 0 aliphatic carbocycles. The van der Waals surface area contributed by atoms with E-state index >= 15 is 0 Å². The molecule has 11 N–H and O–H groups in total. The van der Waals surface area contributed by atoms with Crippen LogP contribution in [0.25, 0.3) is 0 Å². The molecule has 0 bridgehead atoms. The van der Waals surface area contributed by atoms with Crippen LogP contribution in [0.5, 0.6) is 0 Å². The van der Waals surface area contributed by atoms with Crippen LogP contribution < -0.4 is 0 Å². The zero-order valence-corrected chi connectivity index (χ0v) is 9.44.